The molecule has 9 nitrogen and oxygen atoms in total. The number of unbranched alkanes of at least 4 members (excludes halogenated alkanes) is 1. The molecule has 0 spiro atoms. The van der Waals surface area contributed by atoms with Crippen molar-refractivity contribution in [1.82, 2.24) is 0 Å². The molecule has 186 valence electrons. The lowest BCUT2D eigenvalue weighted by Crippen LogP contribution is -2.54. The lowest BCUT2D eigenvalue weighted by atomic mass is 10.3. The Morgan fingerprint density at radius 3 is 1.75 bits per heavy atom. The van der Waals surface area contributed by atoms with Gasteiger partial charge in [-0.1, -0.05) is 13.2 Å². The molecule has 0 saturated heterocycles. The van der Waals surface area contributed by atoms with E-state index in [2.05, 4.69) is 13.2 Å². The van der Waals surface area contributed by atoms with Crippen molar-refractivity contribution in [1.29, 1.82) is 0 Å². The molecule has 32 heavy (non-hydrogen) atoms. The highest BCUT2D eigenvalue weighted by Crippen LogP contribution is 2.27. The summed E-state index contributed by atoms with van der Waals surface area (Å²) in [5, 5.41) is 0. The summed E-state index contributed by atoms with van der Waals surface area (Å²) in [6, 6.07) is 0.382. The molecule has 0 fully saturated rings. The maximum Gasteiger partial charge on any atom is 0.504 e. The quantitative estimate of drug-likeness (QED) is 0.0907. The number of carbonyl (C=O) groups excluding carboxylic acids is 2. The van der Waals surface area contributed by atoms with E-state index in [9.17, 15) is 9.59 Å². The van der Waals surface area contributed by atoms with Crippen molar-refractivity contribution < 1.29 is 41.8 Å². The largest absolute Gasteiger partial charge is 0.504 e. The van der Waals surface area contributed by atoms with Crippen molar-refractivity contribution >= 4 is 20.7 Å². The number of esters is 2. The lowest BCUT2D eigenvalue weighted by Gasteiger charge is -2.37. The van der Waals surface area contributed by atoms with Crippen LogP contribution in [0.1, 0.15) is 53.9 Å². The van der Waals surface area contributed by atoms with Crippen molar-refractivity contribution in [2.24, 2.45) is 0 Å². The molecule has 0 saturated carbocycles. The highest BCUT2D eigenvalue weighted by atomic mass is 28.4. The van der Waals surface area contributed by atoms with Gasteiger partial charge in [-0.25, -0.2) is 9.59 Å². The zero-order valence-corrected chi connectivity index (χ0v) is 21.5. The van der Waals surface area contributed by atoms with Gasteiger partial charge in [-0.2, -0.15) is 0 Å². The van der Waals surface area contributed by atoms with Crippen LogP contribution < -0.4 is 0 Å². The SMILES string of the molecule is C=C(C)C(=O)OCCCCO[Si](CCCOC(=O)C(=C)C)(OC)OC(C)(OCC)OCC. The summed E-state index contributed by atoms with van der Waals surface area (Å²) in [5.41, 5.74) is 0.694. The van der Waals surface area contributed by atoms with Gasteiger partial charge in [0, 0.05) is 51.0 Å². The van der Waals surface area contributed by atoms with Crippen molar-refractivity contribution in [3.63, 3.8) is 0 Å². The number of carbonyl (C=O) groups is 2. The Kier molecular flexibility index (Phi) is 15.3. The van der Waals surface area contributed by atoms with Crippen LogP contribution >= 0.6 is 0 Å². The van der Waals surface area contributed by atoms with Crippen LogP contribution in [0.3, 0.4) is 0 Å². The van der Waals surface area contributed by atoms with Gasteiger partial charge in [0.05, 0.1) is 13.2 Å². The minimum Gasteiger partial charge on any atom is -0.462 e. The summed E-state index contributed by atoms with van der Waals surface area (Å²) in [4.78, 5) is 23.1. The molecule has 0 radical (unpaired) electrons. The van der Waals surface area contributed by atoms with Crippen LogP contribution in [0, 0.1) is 0 Å². The normalized spacial score (nSPS) is 13.3. The second kappa shape index (κ2) is 16.1. The molecule has 0 aliphatic rings. The van der Waals surface area contributed by atoms with Gasteiger partial charge in [-0.3, -0.25) is 0 Å². The number of hydrogen-bond donors (Lipinski definition) is 0. The first-order valence-corrected chi connectivity index (χ1v) is 12.8. The molecule has 0 N–H and O–H groups in total. The molecule has 0 aliphatic carbocycles. The molecule has 0 rings (SSSR count). The highest BCUT2D eigenvalue weighted by molar-refractivity contribution is 6.60. The van der Waals surface area contributed by atoms with Crippen LogP contribution in [0.25, 0.3) is 0 Å². The first-order valence-electron chi connectivity index (χ1n) is 10.9. The molecule has 0 aliphatic heterocycles. The molecule has 10 heteroatoms. The number of hydrogen-bond acceptors (Lipinski definition) is 9. The summed E-state index contributed by atoms with van der Waals surface area (Å²) in [6.07, 6.45) is 1.69. The average molecular weight is 477 g/mol. The fraction of sp³-hybridized carbons (Fsp3) is 0.727. The molecule has 0 heterocycles. The van der Waals surface area contributed by atoms with Gasteiger partial charge in [0.1, 0.15) is 0 Å². The smallest absolute Gasteiger partial charge is 0.462 e. The third kappa shape index (κ3) is 12.5. The summed E-state index contributed by atoms with van der Waals surface area (Å²) in [7, 11) is -1.75. The van der Waals surface area contributed by atoms with E-state index in [1.54, 1.807) is 20.8 Å². The van der Waals surface area contributed by atoms with Gasteiger partial charge >= 0.3 is 20.7 Å². The second-order valence-corrected chi connectivity index (χ2v) is 9.98. The fourth-order valence-corrected chi connectivity index (χ4v) is 4.99. The number of ether oxygens (including phenoxy) is 4. The van der Waals surface area contributed by atoms with Gasteiger partial charge < -0.3 is 32.2 Å². The molecule has 0 aromatic rings. The van der Waals surface area contributed by atoms with Gasteiger partial charge in [0.25, 0.3) is 5.97 Å². The maximum atomic E-state index is 11.6. The molecule has 1 atom stereocenters. The maximum absolute atomic E-state index is 11.6. The fourth-order valence-electron chi connectivity index (χ4n) is 2.56. The Morgan fingerprint density at radius 2 is 1.31 bits per heavy atom. The van der Waals surface area contributed by atoms with E-state index in [1.165, 1.54) is 7.11 Å². The second-order valence-electron chi connectivity index (χ2n) is 7.21. The molecular formula is C22H40O9Si. The summed E-state index contributed by atoms with van der Waals surface area (Å²) in [6.45, 7) is 17.1. The van der Waals surface area contributed by atoms with Crippen LogP contribution in [0.5, 0.6) is 0 Å². The molecule has 0 amide bonds. The molecule has 0 aromatic heterocycles. The minimum atomic E-state index is -3.26. The van der Waals surface area contributed by atoms with Gasteiger partial charge in [0.2, 0.25) is 0 Å². The van der Waals surface area contributed by atoms with Crippen LogP contribution in [-0.2, 0) is 41.8 Å². The van der Waals surface area contributed by atoms with E-state index in [0.29, 0.717) is 56.3 Å². The predicted molar refractivity (Wildman–Crippen MR) is 122 cm³/mol. The third-order valence-corrected chi connectivity index (χ3v) is 7.03. The summed E-state index contributed by atoms with van der Waals surface area (Å²) >= 11 is 0. The topological polar surface area (TPSA) is 98.8 Å². The van der Waals surface area contributed by atoms with E-state index >= 15 is 0 Å². The Balaban J connectivity index is 5.00. The Hall–Kier alpha value is -1.56. The van der Waals surface area contributed by atoms with E-state index in [1.807, 2.05) is 13.8 Å². The average Bonchev–Trinajstić information content (AvgIpc) is 2.73. The zero-order chi connectivity index (χ0) is 24.6. The van der Waals surface area contributed by atoms with E-state index in [0.717, 1.165) is 0 Å². The van der Waals surface area contributed by atoms with Crippen LogP contribution in [0.4, 0.5) is 0 Å². The monoisotopic (exact) mass is 476 g/mol. The zero-order valence-electron chi connectivity index (χ0n) is 20.5. The van der Waals surface area contributed by atoms with Gasteiger partial charge in [-0.05, 0) is 47.0 Å². The first kappa shape index (κ1) is 30.4. The van der Waals surface area contributed by atoms with Gasteiger partial charge in [0.15, 0.2) is 0 Å². The van der Waals surface area contributed by atoms with E-state index in [4.69, 9.17) is 32.2 Å². The van der Waals surface area contributed by atoms with Crippen LogP contribution in [0.2, 0.25) is 6.04 Å². The predicted octanol–water partition coefficient (Wildman–Crippen LogP) is 3.76. The standard InChI is InChI=1S/C22H40O9Si/c1-9-28-22(7,29-10-2)31-32(25-8,17-13-15-27-21(24)19(5)6)30-16-12-11-14-26-20(23)18(3)4/h3,5,9-17H2,1-2,4,6-8H3. The summed E-state index contributed by atoms with van der Waals surface area (Å²) in [5.74, 6) is -2.20. The molecule has 0 aromatic carbocycles. The van der Waals surface area contributed by atoms with E-state index in [-0.39, 0.29) is 13.2 Å². The van der Waals surface area contributed by atoms with E-state index < -0.39 is 26.7 Å². The van der Waals surface area contributed by atoms with Crippen molar-refractivity contribution in [2.75, 3.05) is 40.1 Å². The minimum absolute atomic E-state index is 0.174. The van der Waals surface area contributed by atoms with Crippen LogP contribution in [-0.4, -0.2) is 66.9 Å². The van der Waals surface area contributed by atoms with Crippen LogP contribution in [0.15, 0.2) is 24.3 Å². The lowest BCUT2D eigenvalue weighted by molar-refractivity contribution is -0.344. The van der Waals surface area contributed by atoms with Crippen molar-refractivity contribution in [2.45, 2.75) is 65.9 Å². The van der Waals surface area contributed by atoms with Gasteiger partial charge in [-0.15, -0.1) is 0 Å². The Labute approximate surface area is 193 Å². The Bertz CT molecular complexity index is 602. The third-order valence-electron chi connectivity index (χ3n) is 4.12. The first-order chi connectivity index (χ1) is 15.0. The molecule has 1 unspecified atom stereocenters. The summed E-state index contributed by atoms with van der Waals surface area (Å²) < 4.78 is 39.6. The van der Waals surface area contributed by atoms with Crippen molar-refractivity contribution in [3.8, 4) is 0 Å². The molecular weight excluding hydrogens is 436 g/mol. The Morgan fingerprint density at radius 1 is 0.844 bits per heavy atom. The highest BCUT2D eigenvalue weighted by Gasteiger charge is 2.47. The number of rotatable bonds is 19. The van der Waals surface area contributed by atoms with Crippen molar-refractivity contribution in [3.05, 3.63) is 24.3 Å². The molecule has 0 bridgehead atoms.